The molecular formula is C24H25O2. The Morgan fingerprint density at radius 2 is 1.69 bits per heavy atom. The summed E-state index contributed by atoms with van der Waals surface area (Å²) in [6.07, 6.45) is 5.79. The van der Waals surface area contributed by atoms with E-state index in [1.807, 2.05) is 0 Å². The minimum Gasteiger partial charge on any atom is -0.493 e. The molecule has 1 aliphatic carbocycles. The van der Waals surface area contributed by atoms with Gasteiger partial charge in [0.2, 0.25) is 0 Å². The van der Waals surface area contributed by atoms with Crippen LogP contribution in [-0.4, -0.2) is 13.2 Å². The van der Waals surface area contributed by atoms with Gasteiger partial charge in [0.25, 0.3) is 0 Å². The van der Waals surface area contributed by atoms with E-state index < -0.39 is 0 Å². The Bertz CT molecular complexity index is 902. The van der Waals surface area contributed by atoms with Crippen LogP contribution < -0.4 is 9.47 Å². The molecule has 2 heteroatoms. The highest BCUT2D eigenvalue weighted by Crippen LogP contribution is 2.40. The lowest BCUT2D eigenvalue weighted by molar-refractivity contribution is 0.200. The maximum Gasteiger partial charge on any atom is 0.161 e. The van der Waals surface area contributed by atoms with Crippen LogP contribution in [0.15, 0.2) is 54.6 Å². The maximum atomic E-state index is 6.27. The van der Waals surface area contributed by atoms with Gasteiger partial charge in [0.15, 0.2) is 11.5 Å². The molecule has 0 amide bonds. The fraction of sp³-hybridized carbons (Fsp3) is 0.292. The lowest BCUT2D eigenvalue weighted by Gasteiger charge is -2.19. The van der Waals surface area contributed by atoms with Crippen molar-refractivity contribution in [1.29, 1.82) is 0 Å². The summed E-state index contributed by atoms with van der Waals surface area (Å²) < 4.78 is 11.9. The molecule has 3 aromatic rings. The van der Waals surface area contributed by atoms with Crippen LogP contribution >= 0.6 is 0 Å². The second-order valence-electron chi connectivity index (χ2n) is 6.96. The van der Waals surface area contributed by atoms with Crippen molar-refractivity contribution in [2.75, 3.05) is 7.11 Å². The second kappa shape index (κ2) is 7.41. The van der Waals surface area contributed by atoms with Crippen LogP contribution in [0.3, 0.4) is 0 Å². The average molecular weight is 345 g/mol. The largest absolute Gasteiger partial charge is 0.493 e. The number of ether oxygens (including phenoxy) is 2. The number of hydrogen-bond donors (Lipinski definition) is 0. The third-order valence-electron chi connectivity index (χ3n) is 5.33. The Hall–Kier alpha value is -2.48. The van der Waals surface area contributed by atoms with E-state index >= 15 is 0 Å². The topological polar surface area (TPSA) is 18.5 Å². The molecule has 0 aliphatic heterocycles. The second-order valence-corrected chi connectivity index (χ2v) is 6.96. The van der Waals surface area contributed by atoms with Crippen LogP contribution in [-0.2, 0) is 6.42 Å². The van der Waals surface area contributed by atoms with Crippen LogP contribution in [0.25, 0.3) is 21.9 Å². The van der Waals surface area contributed by atoms with E-state index in [-0.39, 0.29) is 0 Å². The van der Waals surface area contributed by atoms with Gasteiger partial charge in [0.1, 0.15) is 0 Å². The Morgan fingerprint density at radius 1 is 0.923 bits per heavy atom. The smallest absolute Gasteiger partial charge is 0.161 e. The summed E-state index contributed by atoms with van der Waals surface area (Å²) in [5.41, 5.74) is 3.58. The summed E-state index contributed by atoms with van der Waals surface area (Å²) in [6, 6.07) is 19.2. The Balaban J connectivity index is 1.82. The first kappa shape index (κ1) is 17.0. The van der Waals surface area contributed by atoms with Crippen LogP contribution in [0.4, 0.5) is 0 Å². The van der Waals surface area contributed by atoms with Crippen LogP contribution in [0.2, 0.25) is 0 Å². The molecule has 2 nitrogen and oxygen atoms in total. The van der Waals surface area contributed by atoms with Gasteiger partial charge in [-0.15, -0.1) is 0 Å². The normalized spacial score (nSPS) is 14.7. The third-order valence-corrected chi connectivity index (χ3v) is 5.33. The molecule has 0 heterocycles. The first-order valence-corrected chi connectivity index (χ1v) is 9.45. The SMILES string of the molecule is [CH2]Cc1cc(OC2CCCC2)c(OC)cc1-c1cccc2ccccc12. The summed E-state index contributed by atoms with van der Waals surface area (Å²) in [5, 5.41) is 2.49. The van der Waals surface area contributed by atoms with E-state index in [4.69, 9.17) is 9.47 Å². The zero-order valence-electron chi connectivity index (χ0n) is 15.3. The number of benzene rings is 3. The van der Waals surface area contributed by atoms with Gasteiger partial charge in [-0.3, -0.25) is 0 Å². The van der Waals surface area contributed by atoms with E-state index in [1.54, 1.807) is 7.11 Å². The van der Waals surface area contributed by atoms with Crippen molar-refractivity contribution < 1.29 is 9.47 Å². The minimum atomic E-state index is 0.310. The molecular weight excluding hydrogens is 320 g/mol. The number of fused-ring (bicyclic) bond motifs is 1. The monoisotopic (exact) mass is 345 g/mol. The summed E-state index contributed by atoms with van der Waals surface area (Å²) in [7, 11) is 1.72. The van der Waals surface area contributed by atoms with Crippen molar-refractivity contribution in [2.24, 2.45) is 0 Å². The number of rotatable bonds is 5. The van der Waals surface area contributed by atoms with Gasteiger partial charge >= 0.3 is 0 Å². The van der Waals surface area contributed by atoms with E-state index in [0.29, 0.717) is 12.5 Å². The summed E-state index contributed by atoms with van der Waals surface area (Å²) in [5.74, 6) is 1.65. The molecule has 1 aliphatic rings. The van der Waals surface area contributed by atoms with Crippen molar-refractivity contribution in [1.82, 2.24) is 0 Å². The van der Waals surface area contributed by atoms with Crippen LogP contribution in [0, 0.1) is 6.92 Å². The highest BCUT2D eigenvalue weighted by molar-refractivity contribution is 5.97. The van der Waals surface area contributed by atoms with Crippen LogP contribution in [0.1, 0.15) is 31.2 Å². The molecule has 0 unspecified atom stereocenters. The van der Waals surface area contributed by atoms with E-state index in [0.717, 1.165) is 24.3 Å². The fourth-order valence-corrected chi connectivity index (χ4v) is 3.96. The summed E-state index contributed by atoms with van der Waals surface area (Å²) in [4.78, 5) is 0. The lowest BCUT2D eigenvalue weighted by atomic mass is 9.93. The molecule has 1 saturated carbocycles. The minimum absolute atomic E-state index is 0.310. The molecule has 0 saturated heterocycles. The standard InChI is InChI=1S/C24H25O2/c1-3-17-15-24(26-19-11-5-6-12-19)23(25-2)16-22(17)21-14-8-10-18-9-4-7-13-20(18)21/h4,7-10,13-16,19H,1,3,5-6,11-12H2,2H3. The van der Waals surface area contributed by atoms with Gasteiger partial charge in [-0.05, 0) is 78.6 Å². The molecule has 0 N–H and O–H groups in total. The van der Waals surface area contributed by atoms with Crippen molar-refractivity contribution in [3.63, 3.8) is 0 Å². The van der Waals surface area contributed by atoms with Gasteiger partial charge < -0.3 is 9.47 Å². The fourth-order valence-electron chi connectivity index (χ4n) is 3.96. The molecule has 0 bridgehead atoms. The van der Waals surface area contributed by atoms with E-state index in [2.05, 4.69) is 61.5 Å². The molecule has 0 aromatic heterocycles. The van der Waals surface area contributed by atoms with Crippen LogP contribution in [0.5, 0.6) is 11.5 Å². The molecule has 0 atom stereocenters. The molecule has 0 spiro atoms. The van der Waals surface area contributed by atoms with E-state index in [1.165, 1.54) is 40.3 Å². The van der Waals surface area contributed by atoms with Gasteiger partial charge in [-0.25, -0.2) is 0 Å². The highest BCUT2D eigenvalue weighted by atomic mass is 16.5. The van der Waals surface area contributed by atoms with Crippen molar-refractivity contribution in [2.45, 2.75) is 38.2 Å². The molecule has 26 heavy (non-hydrogen) atoms. The van der Waals surface area contributed by atoms with E-state index in [9.17, 15) is 0 Å². The molecule has 4 rings (SSSR count). The predicted molar refractivity (Wildman–Crippen MR) is 108 cm³/mol. The lowest BCUT2D eigenvalue weighted by Crippen LogP contribution is -2.12. The number of methoxy groups -OCH3 is 1. The Morgan fingerprint density at radius 3 is 2.46 bits per heavy atom. The maximum absolute atomic E-state index is 6.27. The predicted octanol–water partition coefficient (Wildman–Crippen LogP) is 6.21. The quantitative estimate of drug-likeness (QED) is 0.547. The number of hydrogen-bond acceptors (Lipinski definition) is 2. The molecule has 1 fully saturated rings. The summed E-state index contributed by atoms with van der Waals surface area (Å²) >= 11 is 0. The van der Waals surface area contributed by atoms with Crippen molar-refractivity contribution in [3.05, 3.63) is 67.1 Å². The molecule has 3 aromatic carbocycles. The van der Waals surface area contributed by atoms with Gasteiger partial charge in [0, 0.05) is 0 Å². The molecule has 1 radical (unpaired) electrons. The van der Waals surface area contributed by atoms with Crippen molar-refractivity contribution >= 4 is 10.8 Å². The highest BCUT2D eigenvalue weighted by Gasteiger charge is 2.20. The van der Waals surface area contributed by atoms with Gasteiger partial charge in [0.05, 0.1) is 13.2 Å². The van der Waals surface area contributed by atoms with Gasteiger partial charge in [-0.2, -0.15) is 0 Å². The summed E-state index contributed by atoms with van der Waals surface area (Å²) in [6.45, 7) is 4.15. The average Bonchev–Trinajstić information content (AvgIpc) is 3.20. The van der Waals surface area contributed by atoms with Gasteiger partial charge in [-0.1, -0.05) is 42.5 Å². The third kappa shape index (κ3) is 3.16. The first-order chi connectivity index (χ1) is 12.8. The Labute approximate surface area is 155 Å². The zero-order valence-corrected chi connectivity index (χ0v) is 15.3. The zero-order chi connectivity index (χ0) is 17.9. The van der Waals surface area contributed by atoms with Crippen molar-refractivity contribution in [3.8, 4) is 22.6 Å². The molecule has 133 valence electrons. The Kier molecular flexibility index (Phi) is 4.83. The first-order valence-electron chi connectivity index (χ1n) is 9.45.